The van der Waals surface area contributed by atoms with Crippen molar-refractivity contribution in [3.8, 4) is 5.75 Å². The fraction of sp³-hybridized carbons (Fsp3) is 0.222. The number of carbonyl (C=O) groups excluding carboxylic acids is 2. The number of ketones is 1. The summed E-state index contributed by atoms with van der Waals surface area (Å²) in [5.74, 6) is 1.02. The highest BCUT2D eigenvalue weighted by Crippen LogP contribution is 2.23. The highest BCUT2D eigenvalue weighted by Gasteiger charge is 2.06. The molecule has 0 aliphatic rings. The van der Waals surface area contributed by atoms with Crippen LogP contribution in [-0.2, 0) is 4.79 Å². The Morgan fingerprint density at radius 2 is 1.54 bits per heavy atom. The van der Waals surface area contributed by atoms with Crippen LogP contribution in [0.4, 0.5) is 17.1 Å². The van der Waals surface area contributed by atoms with Gasteiger partial charge < -0.3 is 20.7 Å². The number of ether oxygens (including phenoxy) is 1. The largest absolute Gasteiger partial charge is 0.494 e. The Balaban J connectivity index is 1.46. The lowest BCUT2D eigenvalue weighted by Gasteiger charge is -2.12. The van der Waals surface area contributed by atoms with E-state index in [1.807, 2.05) is 60.7 Å². The highest BCUT2D eigenvalue weighted by atomic mass is 32.2. The van der Waals surface area contributed by atoms with E-state index in [1.165, 1.54) is 18.7 Å². The number of unbranched alkanes of at least 4 members (excludes halogenated alkanes) is 1. The smallest absolute Gasteiger partial charge is 0.234 e. The maximum absolute atomic E-state index is 12.4. The van der Waals surface area contributed by atoms with Crippen molar-refractivity contribution in [3.05, 3.63) is 78.4 Å². The second kappa shape index (κ2) is 13.5. The van der Waals surface area contributed by atoms with E-state index in [0.717, 1.165) is 40.5 Å². The SMILES string of the molecule is CCCCOc1ccc(NC(=O)CSc2cccc(NC(=S)Nc3ccc(C(C)=O)cc3)c2)cc1. The maximum Gasteiger partial charge on any atom is 0.234 e. The molecule has 0 aliphatic heterocycles. The van der Waals surface area contributed by atoms with Crippen LogP contribution in [0.25, 0.3) is 0 Å². The summed E-state index contributed by atoms with van der Waals surface area (Å²) < 4.78 is 5.65. The second-order valence-corrected chi connectivity index (χ2v) is 9.26. The Labute approximate surface area is 215 Å². The van der Waals surface area contributed by atoms with Gasteiger partial charge in [-0.2, -0.15) is 0 Å². The summed E-state index contributed by atoms with van der Waals surface area (Å²) in [4.78, 5) is 24.7. The van der Waals surface area contributed by atoms with Gasteiger partial charge in [0.1, 0.15) is 5.75 Å². The molecule has 6 nitrogen and oxygen atoms in total. The average molecular weight is 508 g/mol. The number of hydrogen-bond acceptors (Lipinski definition) is 5. The van der Waals surface area contributed by atoms with Gasteiger partial charge in [-0.15, -0.1) is 11.8 Å². The molecule has 3 aromatic rings. The van der Waals surface area contributed by atoms with Gasteiger partial charge in [-0.1, -0.05) is 19.4 Å². The molecule has 35 heavy (non-hydrogen) atoms. The minimum Gasteiger partial charge on any atom is -0.494 e. The number of nitrogens with one attached hydrogen (secondary N) is 3. The number of hydrogen-bond donors (Lipinski definition) is 3. The Hall–Kier alpha value is -3.36. The molecule has 0 unspecified atom stereocenters. The number of anilines is 3. The van der Waals surface area contributed by atoms with Gasteiger partial charge in [-0.05, 0) is 92.3 Å². The van der Waals surface area contributed by atoms with Gasteiger partial charge in [0.05, 0.1) is 12.4 Å². The monoisotopic (exact) mass is 507 g/mol. The zero-order valence-corrected chi connectivity index (χ0v) is 21.4. The Morgan fingerprint density at radius 3 is 2.23 bits per heavy atom. The first-order valence-corrected chi connectivity index (χ1v) is 12.8. The van der Waals surface area contributed by atoms with Crippen molar-refractivity contribution in [1.29, 1.82) is 0 Å². The molecule has 3 rings (SSSR count). The fourth-order valence-electron chi connectivity index (χ4n) is 3.06. The summed E-state index contributed by atoms with van der Waals surface area (Å²) in [6, 6.07) is 22.2. The number of rotatable bonds is 11. The van der Waals surface area contributed by atoms with E-state index in [-0.39, 0.29) is 17.4 Å². The predicted octanol–water partition coefficient (Wildman–Crippen LogP) is 6.61. The lowest BCUT2D eigenvalue weighted by molar-refractivity contribution is -0.113. The van der Waals surface area contributed by atoms with Crippen LogP contribution in [0, 0.1) is 0 Å². The van der Waals surface area contributed by atoms with Crippen molar-refractivity contribution in [2.45, 2.75) is 31.6 Å². The van der Waals surface area contributed by atoms with Crippen LogP contribution in [0.2, 0.25) is 0 Å². The fourth-order valence-corrected chi connectivity index (χ4v) is 4.05. The molecule has 0 bridgehead atoms. The quantitative estimate of drug-likeness (QED) is 0.117. The number of thioether (sulfide) groups is 1. The average Bonchev–Trinajstić information content (AvgIpc) is 2.84. The van der Waals surface area contributed by atoms with E-state index in [2.05, 4.69) is 22.9 Å². The van der Waals surface area contributed by atoms with Crippen molar-refractivity contribution in [2.24, 2.45) is 0 Å². The number of thiocarbonyl (C=S) groups is 1. The standard InChI is InChI=1S/C27H29N3O3S2/c1-3-4-16-33-24-14-12-21(13-15-24)28-26(32)18-35-25-7-5-6-23(17-25)30-27(34)29-22-10-8-20(9-11-22)19(2)31/h5-15,17H,3-4,16,18H2,1-2H3,(H,28,32)(H2,29,30,34). The summed E-state index contributed by atoms with van der Waals surface area (Å²) in [6.45, 7) is 4.35. The van der Waals surface area contributed by atoms with Gasteiger partial charge in [0.15, 0.2) is 10.9 Å². The molecular weight excluding hydrogens is 478 g/mol. The Kier molecular flexibility index (Phi) is 10.1. The summed E-state index contributed by atoms with van der Waals surface area (Å²) in [7, 11) is 0. The molecule has 3 aromatic carbocycles. The van der Waals surface area contributed by atoms with Gasteiger partial charge in [-0.25, -0.2) is 0 Å². The molecule has 0 spiro atoms. The molecular formula is C27H29N3O3S2. The molecule has 0 atom stereocenters. The van der Waals surface area contributed by atoms with Gasteiger partial charge >= 0.3 is 0 Å². The molecule has 8 heteroatoms. The van der Waals surface area contributed by atoms with Gasteiger partial charge in [0.2, 0.25) is 5.91 Å². The molecule has 0 aromatic heterocycles. The zero-order chi connectivity index (χ0) is 25.0. The topological polar surface area (TPSA) is 79.5 Å². The summed E-state index contributed by atoms with van der Waals surface area (Å²) in [5.41, 5.74) is 2.99. The van der Waals surface area contributed by atoms with Gasteiger partial charge in [-0.3, -0.25) is 9.59 Å². The molecule has 1 amide bonds. The second-order valence-electron chi connectivity index (χ2n) is 7.80. The molecule has 0 saturated carbocycles. The molecule has 0 fully saturated rings. The summed E-state index contributed by atoms with van der Waals surface area (Å²) in [5, 5.41) is 9.59. The summed E-state index contributed by atoms with van der Waals surface area (Å²) >= 11 is 6.84. The zero-order valence-electron chi connectivity index (χ0n) is 19.8. The van der Waals surface area contributed by atoms with Crippen LogP contribution < -0.4 is 20.7 Å². The molecule has 182 valence electrons. The Bertz CT molecular complexity index is 1150. The molecule has 3 N–H and O–H groups in total. The lowest BCUT2D eigenvalue weighted by Crippen LogP contribution is -2.19. The van der Waals surface area contributed by atoms with Crippen molar-refractivity contribution >= 4 is 57.8 Å². The number of amides is 1. The maximum atomic E-state index is 12.4. The van der Waals surface area contributed by atoms with Gasteiger partial charge in [0.25, 0.3) is 0 Å². The van der Waals surface area contributed by atoms with E-state index in [4.69, 9.17) is 17.0 Å². The summed E-state index contributed by atoms with van der Waals surface area (Å²) in [6.07, 6.45) is 2.11. The van der Waals surface area contributed by atoms with Crippen LogP contribution >= 0.6 is 24.0 Å². The van der Waals surface area contributed by atoms with Crippen LogP contribution in [0.5, 0.6) is 5.75 Å². The van der Waals surface area contributed by atoms with E-state index >= 15 is 0 Å². The van der Waals surface area contributed by atoms with Crippen LogP contribution in [0.3, 0.4) is 0 Å². The normalized spacial score (nSPS) is 10.3. The van der Waals surface area contributed by atoms with Crippen LogP contribution in [-0.4, -0.2) is 29.2 Å². The molecule has 0 radical (unpaired) electrons. The third kappa shape index (κ3) is 9.07. The van der Waals surface area contributed by atoms with E-state index in [0.29, 0.717) is 17.3 Å². The third-order valence-corrected chi connectivity index (χ3v) is 6.11. The molecule has 0 saturated heterocycles. The Morgan fingerprint density at radius 1 is 0.886 bits per heavy atom. The van der Waals surface area contributed by atoms with Crippen LogP contribution in [0.15, 0.2) is 77.7 Å². The first-order valence-electron chi connectivity index (χ1n) is 11.4. The first kappa shape index (κ1) is 26.2. The minimum atomic E-state index is -0.0841. The number of carbonyl (C=O) groups is 2. The van der Waals surface area contributed by atoms with E-state index in [1.54, 1.807) is 12.1 Å². The van der Waals surface area contributed by atoms with Crippen LogP contribution in [0.1, 0.15) is 37.0 Å². The van der Waals surface area contributed by atoms with Crippen molar-refractivity contribution in [2.75, 3.05) is 28.3 Å². The number of Topliss-reactive ketones (excluding diaryl/α,β-unsaturated/α-hetero) is 1. The minimum absolute atomic E-state index is 0.0190. The van der Waals surface area contributed by atoms with Gasteiger partial charge in [0, 0.05) is 27.5 Å². The lowest BCUT2D eigenvalue weighted by atomic mass is 10.1. The van der Waals surface area contributed by atoms with E-state index < -0.39 is 0 Å². The number of benzene rings is 3. The molecule has 0 aliphatic carbocycles. The highest BCUT2D eigenvalue weighted by molar-refractivity contribution is 8.00. The first-order chi connectivity index (χ1) is 16.9. The van der Waals surface area contributed by atoms with Crippen molar-refractivity contribution < 1.29 is 14.3 Å². The van der Waals surface area contributed by atoms with E-state index in [9.17, 15) is 9.59 Å². The third-order valence-electron chi connectivity index (χ3n) is 4.92. The van der Waals surface area contributed by atoms with Crippen molar-refractivity contribution in [3.63, 3.8) is 0 Å². The molecule has 0 heterocycles. The van der Waals surface area contributed by atoms with Crippen molar-refractivity contribution in [1.82, 2.24) is 0 Å². The predicted molar refractivity (Wildman–Crippen MR) is 149 cm³/mol.